The van der Waals surface area contributed by atoms with Gasteiger partial charge in [0.2, 0.25) is 5.82 Å². The van der Waals surface area contributed by atoms with Crippen molar-refractivity contribution in [3.63, 3.8) is 0 Å². The van der Waals surface area contributed by atoms with E-state index in [0.717, 1.165) is 0 Å². The summed E-state index contributed by atoms with van der Waals surface area (Å²) in [5, 5.41) is 42.4. The highest BCUT2D eigenvalue weighted by Crippen LogP contribution is 2.31. The standard InChI is InChI=1S/C13H15N3O6/c17-5-7-8(18)9(19)10(20)11(21-7)12-15-13(22-16-12)6-2-1-3-14-4-6/h1-4,7-11,17-20H,5H2/t7-,8-,9+,10-,11-/m1/s1. The Morgan fingerprint density at radius 1 is 1.14 bits per heavy atom. The van der Waals surface area contributed by atoms with Crippen LogP contribution >= 0.6 is 0 Å². The largest absolute Gasteiger partial charge is 0.394 e. The summed E-state index contributed by atoms with van der Waals surface area (Å²) in [5.74, 6) is 0.191. The predicted molar refractivity (Wildman–Crippen MR) is 70.2 cm³/mol. The number of rotatable bonds is 3. The Balaban J connectivity index is 1.86. The van der Waals surface area contributed by atoms with Gasteiger partial charge < -0.3 is 29.7 Å². The van der Waals surface area contributed by atoms with E-state index in [1.54, 1.807) is 18.3 Å². The van der Waals surface area contributed by atoms with E-state index in [1.807, 2.05) is 0 Å². The van der Waals surface area contributed by atoms with Crippen LogP contribution < -0.4 is 0 Å². The number of aliphatic hydroxyl groups excluding tert-OH is 4. The molecule has 0 aromatic carbocycles. The summed E-state index contributed by atoms with van der Waals surface area (Å²) in [4.78, 5) is 8.04. The molecule has 0 bridgehead atoms. The second-order valence-electron chi connectivity index (χ2n) is 4.95. The molecule has 1 fully saturated rings. The lowest BCUT2D eigenvalue weighted by atomic mass is 9.95. The summed E-state index contributed by atoms with van der Waals surface area (Å²) in [5.41, 5.74) is 0.589. The van der Waals surface area contributed by atoms with Crippen molar-refractivity contribution < 1.29 is 29.7 Å². The van der Waals surface area contributed by atoms with E-state index < -0.39 is 37.1 Å². The zero-order chi connectivity index (χ0) is 15.7. The van der Waals surface area contributed by atoms with Gasteiger partial charge in [0.05, 0.1) is 12.2 Å². The molecule has 2 aromatic heterocycles. The maximum Gasteiger partial charge on any atom is 0.259 e. The van der Waals surface area contributed by atoms with Crippen LogP contribution in [0.2, 0.25) is 0 Å². The summed E-state index contributed by atoms with van der Waals surface area (Å²) < 4.78 is 10.4. The Hall–Kier alpha value is -1.91. The molecule has 9 nitrogen and oxygen atoms in total. The third-order valence-corrected chi connectivity index (χ3v) is 3.50. The molecule has 1 saturated heterocycles. The van der Waals surface area contributed by atoms with Gasteiger partial charge in [0.1, 0.15) is 30.5 Å². The molecule has 1 aliphatic heterocycles. The highest BCUT2D eigenvalue weighted by Gasteiger charge is 2.45. The number of aliphatic hydroxyl groups is 4. The first-order valence-electron chi connectivity index (χ1n) is 6.66. The van der Waals surface area contributed by atoms with E-state index in [1.165, 1.54) is 6.20 Å². The maximum absolute atomic E-state index is 10.0. The third kappa shape index (κ3) is 2.60. The molecule has 3 heterocycles. The van der Waals surface area contributed by atoms with Gasteiger partial charge in [-0.15, -0.1) is 0 Å². The van der Waals surface area contributed by atoms with E-state index in [2.05, 4.69) is 15.1 Å². The maximum atomic E-state index is 10.0. The number of hydrogen-bond acceptors (Lipinski definition) is 9. The fraction of sp³-hybridized carbons (Fsp3) is 0.462. The molecule has 4 N–H and O–H groups in total. The van der Waals surface area contributed by atoms with Crippen molar-refractivity contribution in [2.24, 2.45) is 0 Å². The Bertz CT molecular complexity index is 619. The quantitative estimate of drug-likeness (QED) is 0.541. The summed E-state index contributed by atoms with van der Waals surface area (Å²) in [6.45, 7) is -0.519. The van der Waals surface area contributed by atoms with Crippen LogP contribution in [-0.2, 0) is 4.74 Å². The first-order chi connectivity index (χ1) is 10.6. The number of nitrogens with zero attached hydrogens (tertiary/aromatic N) is 3. The lowest BCUT2D eigenvalue weighted by molar-refractivity contribution is -0.233. The minimum absolute atomic E-state index is 0.00996. The van der Waals surface area contributed by atoms with Crippen molar-refractivity contribution in [2.75, 3.05) is 6.61 Å². The highest BCUT2D eigenvalue weighted by molar-refractivity contribution is 5.50. The molecule has 1 aliphatic rings. The molecule has 118 valence electrons. The Morgan fingerprint density at radius 3 is 2.64 bits per heavy atom. The molecule has 22 heavy (non-hydrogen) atoms. The average molecular weight is 309 g/mol. The summed E-state index contributed by atoms with van der Waals surface area (Å²) in [7, 11) is 0. The number of aromatic nitrogens is 3. The van der Waals surface area contributed by atoms with Gasteiger partial charge in [-0.3, -0.25) is 4.98 Å². The minimum Gasteiger partial charge on any atom is -0.394 e. The van der Waals surface area contributed by atoms with Gasteiger partial charge in [0, 0.05) is 12.4 Å². The van der Waals surface area contributed by atoms with Crippen molar-refractivity contribution in [3.8, 4) is 11.5 Å². The van der Waals surface area contributed by atoms with Gasteiger partial charge in [-0.2, -0.15) is 4.98 Å². The Morgan fingerprint density at radius 2 is 1.95 bits per heavy atom. The zero-order valence-electron chi connectivity index (χ0n) is 11.4. The monoisotopic (exact) mass is 309 g/mol. The average Bonchev–Trinajstić information content (AvgIpc) is 3.04. The van der Waals surface area contributed by atoms with Crippen molar-refractivity contribution >= 4 is 0 Å². The van der Waals surface area contributed by atoms with Crippen LogP contribution in [-0.4, -0.2) is 66.6 Å². The smallest absolute Gasteiger partial charge is 0.259 e. The molecule has 0 saturated carbocycles. The van der Waals surface area contributed by atoms with Crippen molar-refractivity contribution in [3.05, 3.63) is 30.4 Å². The molecule has 0 unspecified atom stereocenters. The van der Waals surface area contributed by atoms with Gasteiger partial charge in [0.15, 0.2) is 0 Å². The summed E-state index contributed by atoms with van der Waals surface area (Å²) in [6, 6.07) is 3.42. The van der Waals surface area contributed by atoms with Gasteiger partial charge in [-0.25, -0.2) is 0 Å². The zero-order valence-corrected chi connectivity index (χ0v) is 11.4. The summed E-state index contributed by atoms with van der Waals surface area (Å²) in [6.07, 6.45) is -3.38. The number of hydrogen-bond donors (Lipinski definition) is 4. The first kappa shape index (κ1) is 15.0. The van der Waals surface area contributed by atoms with E-state index >= 15 is 0 Å². The second-order valence-corrected chi connectivity index (χ2v) is 4.95. The van der Waals surface area contributed by atoms with Gasteiger partial charge in [0.25, 0.3) is 5.89 Å². The molecule has 9 heteroatoms. The lowest BCUT2D eigenvalue weighted by Crippen LogP contribution is -2.55. The van der Waals surface area contributed by atoms with Gasteiger partial charge >= 0.3 is 0 Å². The second kappa shape index (κ2) is 6.07. The van der Waals surface area contributed by atoms with E-state index in [4.69, 9.17) is 14.4 Å². The third-order valence-electron chi connectivity index (χ3n) is 3.50. The van der Waals surface area contributed by atoms with Crippen LogP contribution in [0.1, 0.15) is 11.9 Å². The molecular formula is C13H15N3O6. The normalized spacial score (nSPS) is 32.1. The lowest BCUT2D eigenvalue weighted by Gasteiger charge is -2.38. The molecule has 2 aromatic rings. The molecule has 0 radical (unpaired) electrons. The van der Waals surface area contributed by atoms with Gasteiger partial charge in [-0.05, 0) is 12.1 Å². The minimum atomic E-state index is -1.49. The van der Waals surface area contributed by atoms with Crippen molar-refractivity contribution in [2.45, 2.75) is 30.5 Å². The summed E-state index contributed by atoms with van der Waals surface area (Å²) >= 11 is 0. The Labute approximate surface area is 124 Å². The Kier molecular flexibility index (Phi) is 4.14. The van der Waals surface area contributed by atoms with Crippen molar-refractivity contribution in [1.82, 2.24) is 15.1 Å². The molecule has 3 rings (SSSR count). The van der Waals surface area contributed by atoms with Crippen LogP contribution in [0, 0.1) is 0 Å². The SMILES string of the molecule is OC[C@H]1O[C@@H](c2noc(-c3cccnc3)n2)[C@H](O)[C@@H](O)[C@@H]1O. The van der Waals surface area contributed by atoms with Crippen LogP contribution in [0.15, 0.2) is 29.0 Å². The van der Waals surface area contributed by atoms with E-state index in [9.17, 15) is 15.3 Å². The van der Waals surface area contributed by atoms with E-state index in [0.29, 0.717) is 5.56 Å². The van der Waals surface area contributed by atoms with Crippen LogP contribution in [0.3, 0.4) is 0 Å². The van der Waals surface area contributed by atoms with Crippen LogP contribution in [0.5, 0.6) is 0 Å². The first-order valence-corrected chi connectivity index (χ1v) is 6.66. The van der Waals surface area contributed by atoms with Crippen LogP contribution in [0.4, 0.5) is 0 Å². The fourth-order valence-electron chi connectivity index (χ4n) is 2.27. The highest BCUT2D eigenvalue weighted by atomic mass is 16.5. The van der Waals surface area contributed by atoms with E-state index in [-0.39, 0.29) is 11.7 Å². The molecular weight excluding hydrogens is 294 g/mol. The van der Waals surface area contributed by atoms with Gasteiger partial charge in [-0.1, -0.05) is 5.16 Å². The number of pyridine rings is 1. The molecule has 0 spiro atoms. The predicted octanol–water partition coefficient (Wildman–Crippen LogP) is -1.35. The molecule has 5 atom stereocenters. The molecule has 0 aliphatic carbocycles. The fourth-order valence-corrected chi connectivity index (χ4v) is 2.27. The van der Waals surface area contributed by atoms with Crippen LogP contribution in [0.25, 0.3) is 11.5 Å². The molecule has 0 amide bonds. The topological polar surface area (TPSA) is 142 Å². The number of ether oxygens (including phenoxy) is 1. The van der Waals surface area contributed by atoms with Crippen molar-refractivity contribution in [1.29, 1.82) is 0 Å².